The van der Waals surface area contributed by atoms with Crippen molar-refractivity contribution in [1.29, 1.82) is 0 Å². The smallest absolute Gasteiger partial charge is 0.329 e. The molecule has 0 amide bonds. The molecule has 0 atom stereocenters. The van der Waals surface area contributed by atoms with Gasteiger partial charge in [-0.05, 0) is 22.9 Å². The third-order valence-corrected chi connectivity index (χ3v) is 2.91. The van der Waals surface area contributed by atoms with Gasteiger partial charge < -0.3 is 14.3 Å². The number of carbonyl (C=O) groups is 1. The number of benzene rings is 2. The molecule has 0 radical (unpaired) electrons. The summed E-state index contributed by atoms with van der Waals surface area (Å²) in [4.78, 5) is 10.3. The summed E-state index contributed by atoms with van der Waals surface area (Å²) in [6, 6.07) is 13.8. The number of ether oxygens (including phenoxy) is 1. The van der Waals surface area contributed by atoms with Crippen LogP contribution in [0.25, 0.3) is 22.2 Å². The van der Waals surface area contributed by atoms with Gasteiger partial charge in [-0.2, -0.15) is 0 Å². The van der Waals surface area contributed by atoms with Gasteiger partial charge >= 0.3 is 5.97 Å². The molecular weight excluding hydrogens is 272 g/mol. The molecule has 0 bridgehead atoms. The molecule has 0 spiro atoms. The second kappa shape index (κ2) is 5.72. The Balaban J connectivity index is 1.79. The van der Waals surface area contributed by atoms with Crippen molar-refractivity contribution in [1.82, 2.24) is 10.2 Å². The molecule has 1 aromatic heterocycles. The second-order valence-corrected chi connectivity index (χ2v) is 4.45. The Morgan fingerprint density at radius 1 is 1.14 bits per heavy atom. The first-order chi connectivity index (χ1) is 10.2. The first-order valence-corrected chi connectivity index (χ1v) is 6.33. The van der Waals surface area contributed by atoms with Gasteiger partial charge in [-0.15, -0.1) is 10.2 Å². The normalized spacial score (nSPS) is 10.9. The Hall–Kier alpha value is -2.73. The quantitative estimate of drug-likeness (QED) is 0.774. The van der Waals surface area contributed by atoms with Crippen LogP contribution in [0.2, 0.25) is 0 Å². The highest BCUT2D eigenvalue weighted by Crippen LogP contribution is 2.23. The minimum Gasteiger partial charge on any atom is -0.480 e. The van der Waals surface area contributed by atoms with Crippen LogP contribution in [0.1, 0.15) is 5.89 Å². The first-order valence-electron chi connectivity index (χ1n) is 6.33. The molecule has 0 fully saturated rings. The minimum absolute atomic E-state index is 0.0210. The molecule has 21 heavy (non-hydrogen) atoms. The lowest BCUT2D eigenvalue weighted by Gasteiger charge is -1.99. The van der Waals surface area contributed by atoms with E-state index in [0.717, 1.165) is 16.3 Å². The van der Waals surface area contributed by atoms with E-state index in [1.54, 1.807) is 0 Å². The molecular formula is C15H12N2O4. The number of aromatic nitrogens is 2. The zero-order chi connectivity index (χ0) is 14.7. The van der Waals surface area contributed by atoms with Gasteiger partial charge in [0.2, 0.25) is 11.8 Å². The summed E-state index contributed by atoms with van der Waals surface area (Å²) >= 11 is 0. The highest BCUT2D eigenvalue weighted by atomic mass is 16.5. The molecule has 106 valence electrons. The van der Waals surface area contributed by atoms with E-state index in [2.05, 4.69) is 10.2 Å². The number of rotatable bonds is 5. The van der Waals surface area contributed by atoms with Gasteiger partial charge in [-0.25, -0.2) is 4.79 Å². The molecule has 6 nitrogen and oxygen atoms in total. The molecule has 1 N–H and O–H groups in total. The third kappa shape index (κ3) is 3.06. The van der Waals surface area contributed by atoms with Crippen molar-refractivity contribution in [2.75, 3.05) is 6.61 Å². The molecule has 3 rings (SSSR count). The van der Waals surface area contributed by atoms with Gasteiger partial charge in [0, 0.05) is 5.56 Å². The molecule has 2 aromatic carbocycles. The van der Waals surface area contributed by atoms with Gasteiger partial charge in [0.05, 0.1) is 0 Å². The molecule has 0 aliphatic rings. The zero-order valence-corrected chi connectivity index (χ0v) is 11.0. The lowest BCUT2D eigenvalue weighted by molar-refractivity contribution is -0.142. The largest absolute Gasteiger partial charge is 0.480 e. The number of aliphatic carboxylic acids is 1. The number of carboxylic acid groups (broad SMARTS) is 1. The van der Waals surface area contributed by atoms with Crippen molar-refractivity contribution in [3.05, 3.63) is 48.4 Å². The van der Waals surface area contributed by atoms with E-state index < -0.39 is 12.6 Å². The van der Waals surface area contributed by atoms with Crippen LogP contribution < -0.4 is 0 Å². The fourth-order valence-electron chi connectivity index (χ4n) is 1.98. The summed E-state index contributed by atoms with van der Waals surface area (Å²) in [6.07, 6.45) is 0. The predicted octanol–water partition coefficient (Wildman–Crippen LogP) is 2.49. The minimum atomic E-state index is -1.04. The van der Waals surface area contributed by atoms with E-state index in [4.69, 9.17) is 14.3 Å². The lowest BCUT2D eigenvalue weighted by Crippen LogP contribution is -2.06. The van der Waals surface area contributed by atoms with Crippen molar-refractivity contribution in [3.8, 4) is 11.5 Å². The predicted molar refractivity (Wildman–Crippen MR) is 74.5 cm³/mol. The van der Waals surface area contributed by atoms with Gasteiger partial charge in [0.1, 0.15) is 13.2 Å². The Morgan fingerprint density at radius 3 is 2.76 bits per heavy atom. The molecule has 0 saturated carbocycles. The summed E-state index contributed by atoms with van der Waals surface area (Å²) in [5.41, 5.74) is 0.811. The summed E-state index contributed by atoms with van der Waals surface area (Å²) in [7, 11) is 0. The number of nitrogens with zero attached hydrogens (tertiary/aromatic N) is 2. The Labute approximate surface area is 120 Å². The Kier molecular flexibility index (Phi) is 3.61. The van der Waals surface area contributed by atoms with Crippen LogP contribution in [0.3, 0.4) is 0 Å². The zero-order valence-electron chi connectivity index (χ0n) is 11.0. The highest BCUT2D eigenvalue weighted by Gasteiger charge is 2.09. The lowest BCUT2D eigenvalue weighted by atomic mass is 10.1. The second-order valence-electron chi connectivity index (χ2n) is 4.45. The average molecular weight is 284 g/mol. The van der Waals surface area contributed by atoms with Gasteiger partial charge in [-0.1, -0.05) is 30.3 Å². The summed E-state index contributed by atoms with van der Waals surface area (Å²) in [5, 5.41) is 18.5. The van der Waals surface area contributed by atoms with E-state index in [-0.39, 0.29) is 12.5 Å². The van der Waals surface area contributed by atoms with Crippen molar-refractivity contribution < 1.29 is 19.1 Å². The van der Waals surface area contributed by atoms with Crippen LogP contribution >= 0.6 is 0 Å². The van der Waals surface area contributed by atoms with Gasteiger partial charge in [-0.3, -0.25) is 0 Å². The maximum Gasteiger partial charge on any atom is 0.329 e. The van der Waals surface area contributed by atoms with Crippen LogP contribution in [0.5, 0.6) is 0 Å². The highest BCUT2D eigenvalue weighted by molar-refractivity contribution is 5.86. The van der Waals surface area contributed by atoms with Crippen molar-refractivity contribution in [3.63, 3.8) is 0 Å². The van der Waals surface area contributed by atoms with Crippen LogP contribution in [-0.2, 0) is 16.1 Å². The van der Waals surface area contributed by atoms with Crippen LogP contribution in [0, 0.1) is 0 Å². The fraction of sp³-hybridized carbons (Fsp3) is 0.133. The number of hydrogen-bond donors (Lipinski definition) is 1. The van der Waals surface area contributed by atoms with E-state index in [0.29, 0.717) is 5.89 Å². The van der Waals surface area contributed by atoms with Crippen molar-refractivity contribution in [2.45, 2.75) is 6.61 Å². The Bertz CT molecular complexity index is 782. The summed E-state index contributed by atoms with van der Waals surface area (Å²) in [5.74, 6) is -0.404. The molecule has 0 aliphatic carbocycles. The Morgan fingerprint density at radius 2 is 1.95 bits per heavy atom. The summed E-state index contributed by atoms with van der Waals surface area (Å²) < 4.78 is 10.4. The number of hydrogen-bond acceptors (Lipinski definition) is 5. The molecule has 0 saturated heterocycles. The SMILES string of the molecule is O=C(O)COCc1nnc(-c2ccc3ccccc3c2)o1. The van der Waals surface area contributed by atoms with Gasteiger partial charge in [0.25, 0.3) is 0 Å². The van der Waals surface area contributed by atoms with Crippen LogP contribution in [0.4, 0.5) is 0 Å². The topological polar surface area (TPSA) is 85.5 Å². The summed E-state index contributed by atoms with van der Waals surface area (Å²) in [6.45, 7) is -0.416. The van der Waals surface area contributed by atoms with Gasteiger partial charge in [0.15, 0.2) is 0 Å². The van der Waals surface area contributed by atoms with Crippen LogP contribution in [0.15, 0.2) is 46.9 Å². The maximum atomic E-state index is 10.3. The fourth-order valence-corrected chi connectivity index (χ4v) is 1.98. The standard InChI is InChI=1S/C15H12N2O4/c18-14(19)9-20-8-13-16-17-15(21-13)12-6-5-10-3-1-2-4-11(10)7-12/h1-7H,8-9H2,(H,18,19). The molecule has 1 heterocycles. The molecule has 6 heteroatoms. The van der Waals surface area contributed by atoms with E-state index in [1.807, 2.05) is 42.5 Å². The number of fused-ring (bicyclic) bond motifs is 1. The maximum absolute atomic E-state index is 10.3. The average Bonchev–Trinajstić information content (AvgIpc) is 2.95. The van der Waals surface area contributed by atoms with Crippen LogP contribution in [-0.4, -0.2) is 27.9 Å². The molecule has 3 aromatic rings. The first kappa shape index (κ1) is 13.3. The number of carboxylic acids is 1. The van der Waals surface area contributed by atoms with Crippen molar-refractivity contribution >= 4 is 16.7 Å². The van der Waals surface area contributed by atoms with E-state index in [1.165, 1.54) is 0 Å². The molecule has 0 unspecified atom stereocenters. The molecule has 0 aliphatic heterocycles. The van der Waals surface area contributed by atoms with E-state index >= 15 is 0 Å². The third-order valence-electron chi connectivity index (χ3n) is 2.91. The van der Waals surface area contributed by atoms with Crippen molar-refractivity contribution in [2.24, 2.45) is 0 Å². The monoisotopic (exact) mass is 284 g/mol. The van der Waals surface area contributed by atoms with E-state index in [9.17, 15) is 4.79 Å².